The third-order valence-corrected chi connectivity index (χ3v) is 7.42. The van der Waals surface area contributed by atoms with Crippen LogP contribution < -0.4 is 24.4 Å². The quantitative estimate of drug-likeness (QED) is 0.464. The van der Waals surface area contributed by atoms with Crippen LogP contribution in [0.2, 0.25) is 0 Å². The van der Waals surface area contributed by atoms with Crippen LogP contribution >= 0.6 is 0 Å². The molecule has 0 aliphatic carbocycles. The second-order valence-electron chi connectivity index (χ2n) is 8.95. The Hall–Kier alpha value is -4.05. The Morgan fingerprint density at radius 1 is 0.946 bits per heavy atom. The molecular formula is C27H29N3O6S. The third-order valence-electron chi connectivity index (χ3n) is 6.02. The number of carbonyl (C=O) groups is 2. The lowest BCUT2D eigenvalue weighted by Crippen LogP contribution is -2.52. The molecule has 4 rings (SSSR count). The third kappa shape index (κ3) is 6.03. The number of amides is 3. The molecule has 0 bridgehead atoms. The van der Waals surface area contributed by atoms with Crippen LogP contribution in [0.1, 0.15) is 30.9 Å². The fourth-order valence-corrected chi connectivity index (χ4v) is 5.36. The summed E-state index contributed by atoms with van der Waals surface area (Å²) in [5, 5.41) is 2.57. The molecule has 0 fully saturated rings. The van der Waals surface area contributed by atoms with Gasteiger partial charge in [0, 0.05) is 25.2 Å². The Morgan fingerprint density at radius 2 is 1.62 bits per heavy atom. The Morgan fingerprint density at radius 3 is 2.35 bits per heavy atom. The summed E-state index contributed by atoms with van der Waals surface area (Å²) in [6.07, 6.45) is 0.157. The van der Waals surface area contributed by atoms with Gasteiger partial charge in [-0.25, -0.2) is 17.9 Å². The van der Waals surface area contributed by atoms with E-state index in [1.54, 1.807) is 43.4 Å². The first-order valence-corrected chi connectivity index (χ1v) is 13.3. The number of sulfonamides is 1. The summed E-state index contributed by atoms with van der Waals surface area (Å²) in [6.45, 7) is 3.84. The first kappa shape index (κ1) is 26.0. The molecule has 0 saturated carbocycles. The summed E-state index contributed by atoms with van der Waals surface area (Å²) in [6, 6.07) is 18.7. The van der Waals surface area contributed by atoms with E-state index in [9.17, 15) is 18.0 Å². The van der Waals surface area contributed by atoms with E-state index in [1.165, 1.54) is 11.0 Å². The van der Waals surface area contributed by atoms with Crippen LogP contribution in [-0.4, -0.2) is 40.2 Å². The number of ether oxygens (including phenoxy) is 2. The van der Waals surface area contributed by atoms with Gasteiger partial charge in [0.2, 0.25) is 12.7 Å². The maximum absolute atomic E-state index is 13.5. The smallest absolute Gasteiger partial charge is 0.329 e. The summed E-state index contributed by atoms with van der Waals surface area (Å²) in [7, 11) is -2.60. The molecule has 1 aliphatic rings. The molecule has 0 radical (unpaired) electrons. The minimum Gasteiger partial charge on any atom is -0.454 e. The van der Waals surface area contributed by atoms with Crippen LogP contribution in [0.4, 0.5) is 10.5 Å². The minimum absolute atomic E-state index is 0.0172. The van der Waals surface area contributed by atoms with Gasteiger partial charge >= 0.3 is 6.03 Å². The van der Waals surface area contributed by atoms with Crippen molar-refractivity contribution in [3.63, 3.8) is 0 Å². The molecule has 9 nitrogen and oxygen atoms in total. The molecule has 3 aromatic carbocycles. The summed E-state index contributed by atoms with van der Waals surface area (Å²) in [5.74, 6) is 0.587. The summed E-state index contributed by atoms with van der Waals surface area (Å²) >= 11 is 0. The topological polar surface area (TPSA) is 114 Å². The van der Waals surface area contributed by atoms with Gasteiger partial charge in [-0.05, 0) is 35.2 Å². The van der Waals surface area contributed by atoms with E-state index >= 15 is 0 Å². The maximum atomic E-state index is 13.5. The normalized spacial score (nSPS) is 13.2. The van der Waals surface area contributed by atoms with Gasteiger partial charge in [0.15, 0.2) is 11.5 Å². The lowest BCUT2D eigenvalue weighted by Gasteiger charge is -2.25. The highest BCUT2D eigenvalue weighted by atomic mass is 32.2. The highest BCUT2D eigenvalue weighted by molar-refractivity contribution is 7.90. The predicted octanol–water partition coefficient (Wildman–Crippen LogP) is 3.80. The molecule has 2 N–H and O–H groups in total. The lowest BCUT2D eigenvalue weighted by molar-refractivity contribution is -0.120. The van der Waals surface area contributed by atoms with Gasteiger partial charge in [-0.1, -0.05) is 62.4 Å². The lowest BCUT2D eigenvalue weighted by atomic mass is 10.0. The van der Waals surface area contributed by atoms with Gasteiger partial charge in [0.05, 0.1) is 4.90 Å². The number of rotatable bonds is 8. The number of urea groups is 1. The minimum atomic E-state index is -4.18. The molecule has 1 unspecified atom stereocenters. The first-order valence-electron chi connectivity index (χ1n) is 11.8. The predicted molar refractivity (Wildman–Crippen MR) is 139 cm³/mol. The Labute approximate surface area is 216 Å². The molecule has 1 atom stereocenters. The zero-order chi connectivity index (χ0) is 26.6. The van der Waals surface area contributed by atoms with Crippen LogP contribution in [-0.2, 0) is 21.2 Å². The van der Waals surface area contributed by atoms with E-state index in [2.05, 4.69) is 10.0 Å². The number of benzene rings is 3. The molecular weight excluding hydrogens is 494 g/mol. The summed E-state index contributed by atoms with van der Waals surface area (Å²) < 4.78 is 38.9. The molecule has 10 heteroatoms. The average molecular weight is 524 g/mol. The number of nitrogens with zero attached hydrogens (tertiary/aromatic N) is 1. The van der Waals surface area contributed by atoms with Crippen molar-refractivity contribution in [2.24, 2.45) is 0 Å². The zero-order valence-electron chi connectivity index (χ0n) is 20.8. The molecule has 37 heavy (non-hydrogen) atoms. The van der Waals surface area contributed by atoms with Crippen molar-refractivity contribution < 1.29 is 27.5 Å². The molecule has 3 amide bonds. The van der Waals surface area contributed by atoms with Crippen LogP contribution in [0.5, 0.6) is 11.5 Å². The van der Waals surface area contributed by atoms with Crippen molar-refractivity contribution >= 4 is 27.6 Å². The highest BCUT2D eigenvalue weighted by Gasteiger charge is 2.29. The van der Waals surface area contributed by atoms with Crippen molar-refractivity contribution in [1.82, 2.24) is 10.0 Å². The van der Waals surface area contributed by atoms with E-state index in [0.717, 1.165) is 5.56 Å². The molecule has 0 aromatic heterocycles. The second kappa shape index (κ2) is 10.9. The Balaban J connectivity index is 1.56. The van der Waals surface area contributed by atoms with Gasteiger partial charge in [0.25, 0.3) is 10.0 Å². The number of anilines is 1. The molecule has 1 aliphatic heterocycles. The summed E-state index contributed by atoms with van der Waals surface area (Å²) in [4.78, 5) is 27.9. The average Bonchev–Trinajstić information content (AvgIpc) is 3.36. The fourth-order valence-electron chi connectivity index (χ4n) is 4.07. The monoisotopic (exact) mass is 523 g/mol. The zero-order valence-corrected chi connectivity index (χ0v) is 21.6. The standard InChI is InChI=1S/C27H29N3O6S/c1-18(2)21-11-7-8-12-25(21)37(33,34)29-27(32)28-22(15-19-9-5-4-6-10-19)26(31)30(3)20-13-14-23-24(16-20)36-17-35-23/h4-14,16,18,22H,15,17H2,1-3H3,(H2,28,29,32). The number of carbonyl (C=O) groups excluding carboxylic acids is 2. The van der Waals surface area contributed by atoms with Crippen molar-refractivity contribution in [3.8, 4) is 11.5 Å². The van der Waals surface area contributed by atoms with E-state index in [4.69, 9.17) is 9.47 Å². The Bertz CT molecular complexity index is 1390. The molecule has 194 valence electrons. The molecule has 0 saturated heterocycles. The number of hydrogen-bond acceptors (Lipinski definition) is 6. The largest absolute Gasteiger partial charge is 0.454 e. The molecule has 1 heterocycles. The summed E-state index contributed by atoms with van der Waals surface area (Å²) in [5.41, 5.74) is 1.92. The fraction of sp³-hybridized carbons (Fsp3) is 0.259. The number of likely N-dealkylation sites (N-methyl/N-ethyl adjacent to an activating group) is 1. The Kier molecular flexibility index (Phi) is 7.68. The maximum Gasteiger partial charge on any atom is 0.329 e. The van der Waals surface area contributed by atoms with E-state index in [1.807, 2.05) is 44.2 Å². The SMILES string of the molecule is CC(C)c1ccccc1S(=O)(=O)NC(=O)NC(Cc1ccccc1)C(=O)N(C)c1ccc2c(c1)OCO2. The van der Waals surface area contributed by atoms with Gasteiger partial charge in [-0.15, -0.1) is 0 Å². The molecule has 0 spiro atoms. The molecule has 3 aromatic rings. The number of nitrogens with one attached hydrogen (secondary N) is 2. The van der Waals surface area contributed by atoms with Crippen LogP contribution in [0.3, 0.4) is 0 Å². The van der Waals surface area contributed by atoms with E-state index < -0.39 is 28.0 Å². The number of hydrogen-bond donors (Lipinski definition) is 2. The van der Waals surface area contributed by atoms with Crippen LogP contribution in [0.15, 0.2) is 77.7 Å². The van der Waals surface area contributed by atoms with Crippen molar-refractivity contribution in [2.45, 2.75) is 37.1 Å². The first-order chi connectivity index (χ1) is 17.7. The van der Waals surface area contributed by atoms with Crippen molar-refractivity contribution in [3.05, 3.63) is 83.9 Å². The van der Waals surface area contributed by atoms with Crippen molar-refractivity contribution in [1.29, 1.82) is 0 Å². The second-order valence-corrected chi connectivity index (χ2v) is 10.6. The van der Waals surface area contributed by atoms with Gasteiger partial charge in [0.1, 0.15) is 6.04 Å². The van der Waals surface area contributed by atoms with Gasteiger partial charge in [-0.3, -0.25) is 4.79 Å². The van der Waals surface area contributed by atoms with E-state index in [0.29, 0.717) is 22.7 Å². The van der Waals surface area contributed by atoms with Gasteiger partial charge < -0.3 is 19.7 Å². The van der Waals surface area contributed by atoms with Crippen LogP contribution in [0.25, 0.3) is 0 Å². The van der Waals surface area contributed by atoms with Gasteiger partial charge in [-0.2, -0.15) is 0 Å². The van der Waals surface area contributed by atoms with E-state index in [-0.39, 0.29) is 24.0 Å². The van der Waals surface area contributed by atoms with Crippen LogP contribution in [0, 0.1) is 0 Å². The van der Waals surface area contributed by atoms with Crippen molar-refractivity contribution in [2.75, 3.05) is 18.7 Å². The highest BCUT2D eigenvalue weighted by Crippen LogP contribution is 2.35. The number of fused-ring (bicyclic) bond motifs is 1.